The number of nitrogens with one attached hydrogen (secondary N) is 1. The van der Waals surface area contributed by atoms with Gasteiger partial charge in [0.15, 0.2) is 0 Å². The highest BCUT2D eigenvalue weighted by molar-refractivity contribution is 5.94. The number of benzene rings is 1. The third-order valence-corrected chi connectivity index (χ3v) is 3.91. The maximum absolute atomic E-state index is 12.4. The summed E-state index contributed by atoms with van der Waals surface area (Å²) in [6.07, 6.45) is 8.71. The summed E-state index contributed by atoms with van der Waals surface area (Å²) in [6, 6.07) is 7.79. The fourth-order valence-corrected chi connectivity index (χ4v) is 2.85. The van der Waals surface area contributed by atoms with E-state index in [2.05, 4.69) is 5.32 Å². The molecule has 1 aromatic rings. The number of hydrogen-bond donors (Lipinski definition) is 1. The number of rotatable bonds is 4. The second-order valence-corrected chi connectivity index (χ2v) is 6.21. The first-order valence-corrected chi connectivity index (χ1v) is 8.23. The van der Waals surface area contributed by atoms with E-state index in [1.54, 1.807) is 0 Å². The van der Waals surface area contributed by atoms with Crippen molar-refractivity contribution in [1.29, 1.82) is 0 Å². The molecule has 2 rings (SSSR count). The zero-order valence-electron chi connectivity index (χ0n) is 13.2. The van der Waals surface area contributed by atoms with Crippen LogP contribution in [0.25, 0.3) is 0 Å². The van der Waals surface area contributed by atoms with Crippen LogP contribution in [0.5, 0.6) is 5.75 Å². The van der Waals surface area contributed by atoms with Gasteiger partial charge in [0.1, 0.15) is 5.75 Å². The fourth-order valence-electron chi connectivity index (χ4n) is 2.85. The smallest absolute Gasteiger partial charge is 0.251 e. The first kappa shape index (κ1) is 15.9. The van der Waals surface area contributed by atoms with Crippen LogP contribution in [0.1, 0.15) is 69.2 Å². The molecule has 1 N–H and O–H groups in total. The van der Waals surface area contributed by atoms with Gasteiger partial charge >= 0.3 is 0 Å². The van der Waals surface area contributed by atoms with Crippen LogP contribution >= 0.6 is 0 Å². The zero-order chi connectivity index (χ0) is 15.1. The van der Waals surface area contributed by atoms with Gasteiger partial charge in [-0.25, -0.2) is 0 Å². The molecule has 3 heteroatoms. The average Bonchev–Trinajstić information content (AvgIpc) is 2.41. The van der Waals surface area contributed by atoms with E-state index in [1.807, 2.05) is 38.1 Å². The minimum Gasteiger partial charge on any atom is -0.491 e. The zero-order valence-corrected chi connectivity index (χ0v) is 13.2. The van der Waals surface area contributed by atoms with Crippen molar-refractivity contribution in [2.24, 2.45) is 0 Å². The van der Waals surface area contributed by atoms with Crippen LogP contribution in [-0.4, -0.2) is 18.1 Å². The van der Waals surface area contributed by atoms with Gasteiger partial charge in [-0.15, -0.1) is 0 Å². The molecule has 1 aliphatic carbocycles. The topological polar surface area (TPSA) is 38.3 Å². The highest BCUT2D eigenvalue weighted by Crippen LogP contribution is 2.19. The molecular weight excluding hydrogens is 262 g/mol. The molecule has 1 amide bonds. The Labute approximate surface area is 128 Å². The summed E-state index contributed by atoms with van der Waals surface area (Å²) in [5.74, 6) is 0.782. The molecule has 0 heterocycles. The molecule has 0 unspecified atom stereocenters. The lowest BCUT2D eigenvalue weighted by Gasteiger charge is -2.21. The van der Waals surface area contributed by atoms with Crippen LogP contribution in [0.15, 0.2) is 24.3 Å². The van der Waals surface area contributed by atoms with E-state index >= 15 is 0 Å². The summed E-state index contributed by atoms with van der Waals surface area (Å²) in [5, 5.41) is 3.19. The lowest BCUT2D eigenvalue weighted by molar-refractivity contribution is 0.0929. The first-order chi connectivity index (χ1) is 10.1. The molecule has 1 saturated carbocycles. The second kappa shape index (κ2) is 8.06. The first-order valence-electron chi connectivity index (χ1n) is 8.23. The number of carbonyl (C=O) groups is 1. The van der Waals surface area contributed by atoms with Crippen molar-refractivity contribution in [2.75, 3.05) is 0 Å². The van der Waals surface area contributed by atoms with Crippen LogP contribution in [0.3, 0.4) is 0 Å². The van der Waals surface area contributed by atoms with Gasteiger partial charge < -0.3 is 10.1 Å². The average molecular weight is 289 g/mol. The Hall–Kier alpha value is -1.51. The van der Waals surface area contributed by atoms with Crippen molar-refractivity contribution in [3.8, 4) is 5.75 Å². The summed E-state index contributed by atoms with van der Waals surface area (Å²) in [7, 11) is 0. The maximum Gasteiger partial charge on any atom is 0.251 e. The Morgan fingerprint density at radius 3 is 2.48 bits per heavy atom. The predicted octanol–water partition coefficient (Wildman–Crippen LogP) is 4.32. The number of carbonyl (C=O) groups excluding carboxylic acids is 1. The van der Waals surface area contributed by atoms with Gasteiger partial charge in [0.05, 0.1) is 6.10 Å². The molecule has 0 atom stereocenters. The predicted molar refractivity (Wildman–Crippen MR) is 85.8 cm³/mol. The molecule has 1 fully saturated rings. The van der Waals surface area contributed by atoms with Crippen molar-refractivity contribution in [2.45, 2.75) is 70.9 Å². The monoisotopic (exact) mass is 289 g/mol. The molecular formula is C18H27NO2. The standard InChI is InChI=1S/C18H27NO2/c1-14(2)21-17-12-8-9-15(13-17)18(20)19-16-10-6-4-3-5-7-11-16/h8-9,12-14,16H,3-7,10-11H2,1-2H3,(H,19,20). The van der Waals surface area contributed by atoms with Crippen LogP contribution in [0, 0.1) is 0 Å². The van der Waals surface area contributed by atoms with Crippen molar-refractivity contribution >= 4 is 5.91 Å². The number of ether oxygens (including phenoxy) is 1. The van der Waals surface area contributed by atoms with Crippen molar-refractivity contribution in [3.63, 3.8) is 0 Å². The molecule has 0 bridgehead atoms. The summed E-state index contributed by atoms with van der Waals surface area (Å²) >= 11 is 0. The highest BCUT2D eigenvalue weighted by atomic mass is 16.5. The molecule has 3 nitrogen and oxygen atoms in total. The van der Waals surface area contributed by atoms with Crippen LogP contribution in [-0.2, 0) is 0 Å². The largest absolute Gasteiger partial charge is 0.491 e. The van der Waals surface area contributed by atoms with Gasteiger partial charge in [-0.3, -0.25) is 4.79 Å². The SMILES string of the molecule is CC(C)Oc1cccc(C(=O)NC2CCCCCCC2)c1. The molecule has 1 aliphatic rings. The van der Waals surface area contributed by atoms with Crippen molar-refractivity contribution < 1.29 is 9.53 Å². The van der Waals surface area contributed by atoms with Gasteiger partial charge in [0.25, 0.3) is 5.91 Å². The Morgan fingerprint density at radius 1 is 1.14 bits per heavy atom. The molecule has 0 aliphatic heterocycles. The minimum absolute atomic E-state index is 0.0229. The molecule has 0 aromatic heterocycles. The Kier molecular flexibility index (Phi) is 6.09. The van der Waals surface area contributed by atoms with Crippen LogP contribution in [0.4, 0.5) is 0 Å². The quantitative estimate of drug-likeness (QED) is 0.896. The van der Waals surface area contributed by atoms with Gasteiger partial charge in [0.2, 0.25) is 0 Å². The van der Waals surface area contributed by atoms with Gasteiger partial charge in [-0.1, -0.05) is 38.2 Å². The van der Waals surface area contributed by atoms with Gasteiger partial charge in [-0.2, -0.15) is 0 Å². The molecule has 0 spiro atoms. The normalized spacial score (nSPS) is 17.1. The Bertz CT molecular complexity index is 448. The third kappa shape index (κ3) is 5.41. The van der Waals surface area contributed by atoms with E-state index in [9.17, 15) is 4.79 Å². The van der Waals surface area contributed by atoms with E-state index < -0.39 is 0 Å². The number of amides is 1. The van der Waals surface area contributed by atoms with Gasteiger partial charge in [0, 0.05) is 11.6 Å². The van der Waals surface area contributed by atoms with Crippen LogP contribution < -0.4 is 10.1 Å². The summed E-state index contributed by atoms with van der Waals surface area (Å²) in [6.45, 7) is 3.97. The van der Waals surface area contributed by atoms with E-state index in [-0.39, 0.29) is 12.0 Å². The van der Waals surface area contributed by atoms with Crippen molar-refractivity contribution in [1.82, 2.24) is 5.32 Å². The second-order valence-electron chi connectivity index (χ2n) is 6.21. The molecule has 0 saturated heterocycles. The Morgan fingerprint density at radius 2 is 1.81 bits per heavy atom. The summed E-state index contributed by atoms with van der Waals surface area (Å²) in [5.41, 5.74) is 0.690. The lowest BCUT2D eigenvalue weighted by atomic mass is 9.96. The fraction of sp³-hybridized carbons (Fsp3) is 0.611. The van der Waals surface area contributed by atoms with Crippen molar-refractivity contribution in [3.05, 3.63) is 29.8 Å². The molecule has 21 heavy (non-hydrogen) atoms. The number of hydrogen-bond acceptors (Lipinski definition) is 2. The summed E-state index contributed by atoms with van der Waals surface area (Å²) in [4.78, 5) is 12.4. The highest BCUT2D eigenvalue weighted by Gasteiger charge is 2.15. The minimum atomic E-state index is 0.0229. The van der Waals surface area contributed by atoms with E-state index in [4.69, 9.17) is 4.74 Å². The molecule has 1 aromatic carbocycles. The maximum atomic E-state index is 12.4. The lowest BCUT2D eigenvalue weighted by Crippen LogP contribution is -2.35. The third-order valence-electron chi connectivity index (χ3n) is 3.91. The summed E-state index contributed by atoms with van der Waals surface area (Å²) < 4.78 is 5.65. The molecule has 0 radical (unpaired) electrons. The molecule has 116 valence electrons. The van der Waals surface area contributed by atoms with E-state index in [1.165, 1.54) is 32.1 Å². The Balaban J connectivity index is 1.95. The van der Waals surface area contributed by atoms with E-state index in [0.717, 1.165) is 18.6 Å². The van der Waals surface area contributed by atoms with E-state index in [0.29, 0.717) is 11.6 Å². The van der Waals surface area contributed by atoms with Gasteiger partial charge in [-0.05, 0) is 44.9 Å². The van der Waals surface area contributed by atoms with Crippen LogP contribution in [0.2, 0.25) is 0 Å².